The molecule has 10 nitrogen and oxygen atoms in total. The molecule has 0 aromatic heterocycles. The Hall–Kier alpha value is -2.37. The topological polar surface area (TPSA) is 119 Å². The highest BCUT2D eigenvalue weighted by Crippen LogP contribution is 2.26. The number of benzene rings is 1. The average molecular weight is 498 g/mol. The van der Waals surface area contributed by atoms with Crippen LogP contribution >= 0.6 is 11.6 Å². The molecular formula is C21H28ClN5O5S. The van der Waals surface area contributed by atoms with Crippen molar-refractivity contribution in [1.82, 2.24) is 19.8 Å². The van der Waals surface area contributed by atoms with E-state index in [0.717, 1.165) is 5.69 Å². The van der Waals surface area contributed by atoms with Crippen LogP contribution < -0.4 is 15.5 Å². The number of urea groups is 1. The van der Waals surface area contributed by atoms with Gasteiger partial charge in [0.2, 0.25) is 21.8 Å². The van der Waals surface area contributed by atoms with Crippen LogP contribution in [0.25, 0.3) is 0 Å². The predicted octanol–water partition coefficient (Wildman–Crippen LogP) is 0.627. The zero-order valence-electron chi connectivity index (χ0n) is 18.4. The Balaban J connectivity index is 1.39. The van der Waals surface area contributed by atoms with E-state index in [0.29, 0.717) is 44.0 Å². The van der Waals surface area contributed by atoms with Crippen molar-refractivity contribution in [1.29, 1.82) is 0 Å². The molecule has 4 rings (SSSR count). The fourth-order valence-electron chi connectivity index (χ4n) is 4.77. The molecule has 3 heterocycles. The molecule has 12 heteroatoms. The van der Waals surface area contributed by atoms with Crippen LogP contribution in [0.3, 0.4) is 0 Å². The second-order valence-corrected chi connectivity index (χ2v) is 11.2. The molecule has 3 fully saturated rings. The minimum atomic E-state index is -4.04. The summed E-state index contributed by atoms with van der Waals surface area (Å²) in [6.07, 6.45) is 1.13. The van der Waals surface area contributed by atoms with Gasteiger partial charge in [-0.1, -0.05) is 17.7 Å². The van der Waals surface area contributed by atoms with E-state index in [1.807, 2.05) is 29.6 Å². The van der Waals surface area contributed by atoms with E-state index in [2.05, 4.69) is 10.2 Å². The van der Waals surface area contributed by atoms with Crippen molar-refractivity contribution in [3.63, 3.8) is 0 Å². The maximum atomic E-state index is 13.2. The van der Waals surface area contributed by atoms with Gasteiger partial charge in [0.15, 0.2) is 5.25 Å². The third-order valence-corrected chi connectivity index (χ3v) is 9.04. The number of nitrogens with one attached hydrogen (secondary N) is 2. The normalized spacial score (nSPS) is 27.2. The smallest absolute Gasteiger partial charge is 0.321 e. The number of halogens is 1. The van der Waals surface area contributed by atoms with E-state index in [-0.39, 0.29) is 19.0 Å². The van der Waals surface area contributed by atoms with Gasteiger partial charge in [-0.05, 0) is 38.0 Å². The van der Waals surface area contributed by atoms with E-state index < -0.39 is 39.2 Å². The lowest BCUT2D eigenvalue weighted by Gasteiger charge is -2.40. The Morgan fingerprint density at radius 2 is 1.85 bits per heavy atom. The van der Waals surface area contributed by atoms with Gasteiger partial charge in [0.05, 0.1) is 12.0 Å². The predicted molar refractivity (Wildman–Crippen MR) is 123 cm³/mol. The number of piperidine rings is 1. The Kier molecular flexibility index (Phi) is 6.83. The van der Waals surface area contributed by atoms with Crippen molar-refractivity contribution in [2.24, 2.45) is 5.92 Å². The van der Waals surface area contributed by atoms with Gasteiger partial charge in [0.1, 0.15) is 0 Å². The summed E-state index contributed by atoms with van der Waals surface area (Å²) in [7, 11) is -4.04. The highest BCUT2D eigenvalue weighted by Gasteiger charge is 2.47. The summed E-state index contributed by atoms with van der Waals surface area (Å²) in [4.78, 5) is 40.9. The summed E-state index contributed by atoms with van der Waals surface area (Å²) >= 11 is 6.09. The number of piperazine rings is 1. The lowest BCUT2D eigenvalue weighted by molar-refractivity contribution is -0.137. The van der Waals surface area contributed by atoms with E-state index in [1.165, 1.54) is 11.2 Å². The summed E-state index contributed by atoms with van der Waals surface area (Å²) in [6, 6.07) is 6.03. The van der Waals surface area contributed by atoms with Gasteiger partial charge in [-0.2, -0.15) is 0 Å². The summed E-state index contributed by atoms with van der Waals surface area (Å²) in [5, 5.41) is 3.73. The number of carbonyl (C=O) groups excluding carboxylic acids is 3. The van der Waals surface area contributed by atoms with Crippen LogP contribution in [0, 0.1) is 5.92 Å². The molecule has 1 aromatic carbocycles. The van der Waals surface area contributed by atoms with E-state index in [4.69, 9.17) is 11.6 Å². The minimum Gasteiger partial charge on any atom is -0.368 e. The molecule has 4 amide bonds. The van der Waals surface area contributed by atoms with Crippen LogP contribution in [0.4, 0.5) is 10.5 Å². The Morgan fingerprint density at radius 1 is 1.12 bits per heavy atom. The Morgan fingerprint density at radius 3 is 2.52 bits per heavy atom. The molecular weight excluding hydrogens is 470 g/mol. The minimum absolute atomic E-state index is 0.0418. The molecule has 0 radical (unpaired) electrons. The molecule has 2 N–H and O–H groups in total. The van der Waals surface area contributed by atoms with Crippen molar-refractivity contribution in [3.05, 3.63) is 29.3 Å². The molecule has 3 saturated heterocycles. The quantitative estimate of drug-likeness (QED) is 0.629. The molecule has 3 aliphatic rings. The molecule has 3 unspecified atom stereocenters. The zero-order chi connectivity index (χ0) is 23.8. The number of nitrogens with zero attached hydrogens (tertiary/aromatic N) is 3. The first-order valence-electron chi connectivity index (χ1n) is 11.1. The highest BCUT2D eigenvalue weighted by molar-refractivity contribution is 7.90. The van der Waals surface area contributed by atoms with Gasteiger partial charge < -0.3 is 15.1 Å². The average Bonchev–Trinajstić information content (AvgIpc) is 2.78. The monoisotopic (exact) mass is 497 g/mol. The molecule has 0 saturated carbocycles. The summed E-state index contributed by atoms with van der Waals surface area (Å²) in [6.45, 7) is 4.20. The molecule has 0 spiro atoms. The van der Waals surface area contributed by atoms with Crippen molar-refractivity contribution < 1.29 is 22.8 Å². The number of imide groups is 1. The Labute approximate surface area is 198 Å². The number of anilines is 1. The first-order valence-corrected chi connectivity index (χ1v) is 12.9. The number of hydrogen-bond donors (Lipinski definition) is 2. The van der Waals surface area contributed by atoms with Gasteiger partial charge in [0, 0.05) is 50.0 Å². The van der Waals surface area contributed by atoms with Crippen molar-refractivity contribution in [2.45, 2.75) is 31.1 Å². The standard InChI is InChI=1S/C21H28ClN5O5S/c1-14-18(19(28)24-21(30)23-14)33(31,32)27-7-3-4-15(13-27)20(29)26-10-8-25(9-11-26)17-6-2-5-16(22)12-17/h2,5-6,12,14-15,18H,3-4,7-11,13H2,1H3,(H2,23,24,28,30). The van der Waals surface area contributed by atoms with Crippen molar-refractivity contribution in [2.75, 3.05) is 44.2 Å². The molecule has 3 atom stereocenters. The maximum Gasteiger partial charge on any atom is 0.321 e. The number of rotatable bonds is 4. The summed E-state index contributed by atoms with van der Waals surface area (Å²) < 4.78 is 27.7. The van der Waals surface area contributed by atoms with Crippen molar-refractivity contribution in [3.8, 4) is 0 Å². The molecule has 1 aromatic rings. The van der Waals surface area contributed by atoms with Crippen LogP contribution in [0.15, 0.2) is 24.3 Å². The molecule has 0 bridgehead atoms. The number of amides is 4. The van der Waals surface area contributed by atoms with Gasteiger partial charge in [-0.3, -0.25) is 14.9 Å². The number of carbonyl (C=O) groups is 3. The first kappa shape index (κ1) is 23.8. The summed E-state index contributed by atoms with van der Waals surface area (Å²) in [5.41, 5.74) is 1.01. The molecule has 33 heavy (non-hydrogen) atoms. The number of hydrogen-bond acceptors (Lipinski definition) is 6. The third kappa shape index (κ3) is 4.95. The van der Waals surface area contributed by atoms with E-state index in [9.17, 15) is 22.8 Å². The van der Waals surface area contributed by atoms with E-state index in [1.54, 1.807) is 4.90 Å². The van der Waals surface area contributed by atoms with Gasteiger partial charge in [-0.25, -0.2) is 17.5 Å². The van der Waals surface area contributed by atoms with Crippen LogP contribution in [0.1, 0.15) is 19.8 Å². The van der Waals surface area contributed by atoms with Gasteiger partial charge in [0.25, 0.3) is 0 Å². The van der Waals surface area contributed by atoms with Crippen LogP contribution in [0.5, 0.6) is 0 Å². The molecule has 3 aliphatic heterocycles. The lowest BCUT2D eigenvalue weighted by Crippen LogP contribution is -2.65. The fourth-order valence-corrected chi connectivity index (χ4v) is 6.96. The van der Waals surface area contributed by atoms with Crippen LogP contribution in [0.2, 0.25) is 5.02 Å². The molecule has 0 aliphatic carbocycles. The fraction of sp³-hybridized carbons (Fsp3) is 0.571. The van der Waals surface area contributed by atoms with Crippen LogP contribution in [-0.2, 0) is 19.6 Å². The SMILES string of the molecule is CC1NC(=O)NC(=O)C1S(=O)(=O)N1CCCC(C(=O)N2CCN(c3cccc(Cl)c3)CC2)C1. The second kappa shape index (κ2) is 9.47. The van der Waals surface area contributed by atoms with Gasteiger partial charge in [-0.15, -0.1) is 0 Å². The summed E-state index contributed by atoms with van der Waals surface area (Å²) in [5.74, 6) is -1.35. The second-order valence-electron chi connectivity index (χ2n) is 8.71. The Bertz CT molecular complexity index is 1040. The maximum absolute atomic E-state index is 13.2. The highest BCUT2D eigenvalue weighted by atomic mass is 35.5. The molecule has 180 valence electrons. The van der Waals surface area contributed by atoms with Crippen LogP contribution in [-0.4, -0.2) is 86.0 Å². The first-order chi connectivity index (χ1) is 15.7. The van der Waals surface area contributed by atoms with E-state index >= 15 is 0 Å². The zero-order valence-corrected chi connectivity index (χ0v) is 19.9. The number of sulfonamides is 1. The largest absolute Gasteiger partial charge is 0.368 e. The third-order valence-electron chi connectivity index (χ3n) is 6.49. The van der Waals surface area contributed by atoms with Crippen molar-refractivity contribution >= 4 is 45.2 Å². The lowest BCUT2D eigenvalue weighted by atomic mass is 9.97. The van der Waals surface area contributed by atoms with Gasteiger partial charge >= 0.3 is 6.03 Å².